The molecule has 2 rings (SSSR count). The van der Waals surface area contributed by atoms with Gasteiger partial charge in [-0.25, -0.2) is 4.39 Å². The molecule has 0 aromatic heterocycles. The first kappa shape index (κ1) is 22.7. The zero-order valence-corrected chi connectivity index (χ0v) is 15.3. The molecule has 1 saturated heterocycles. The van der Waals surface area contributed by atoms with Crippen molar-refractivity contribution in [2.45, 2.75) is 44.1 Å². The van der Waals surface area contributed by atoms with Gasteiger partial charge in [0.1, 0.15) is 5.82 Å². The lowest BCUT2D eigenvalue weighted by atomic mass is 9.91. The molecule has 2 nitrogen and oxygen atoms in total. The monoisotopic (exact) mass is 412 g/mol. The lowest BCUT2D eigenvalue weighted by Gasteiger charge is -2.36. The highest BCUT2D eigenvalue weighted by Crippen LogP contribution is 2.43. The summed E-state index contributed by atoms with van der Waals surface area (Å²) in [7, 11) is 0. The lowest BCUT2D eigenvalue weighted by molar-refractivity contribution is -0.144. The first-order valence-electron chi connectivity index (χ1n) is 9.09. The van der Waals surface area contributed by atoms with E-state index < -0.39 is 40.9 Å². The van der Waals surface area contributed by atoms with Gasteiger partial charge in [-0.2, -0.15) is 26.3 Å². The Morgan fingerprint density at radius 3 is 2.21 bits per heavy atom. The molecule has 1 N–H and O–H groups in total. The molecule has 0 unspecified atom stereocenters. The predicted octanol–water partition coefficient (Wildman–Crippen LogP) is 5.56. The number of piperazine rings is 1. The minimum Gasteiger partial charge on any atom is -0.314 e. The minimum absolute atomic E-state index is 0.0251. The van der Waals surface area contributed by atoms with E-state index in [2.05, 4.69) is 11.9 Å². The molecular formula is C19H23F7N2. The van der Waals surface area contributed by atoms with Gasteiger partial charge in [-0.15, -0.1) is 6.58 Å². The molecule has 1 aromatic carbocycles. The Kier molecular flexibility index (Phi) is 7.50. The molecule has 0 amide bonds. The summed E-state index contributed by atoms with van der Waals surface area (Å²) >= 11 is 0. The van der Waals surface area contributed by atoms with Gasteiger partial charge >= 0.3 is 12.4 Å². The van der Waals surface area contributed by atoms with Crippen molar-refractivity contribution in [1.29, 1.82) is 0 Å². The van der Waals surface area contributed by atoms with Gasteiger partial charge in [0, 0.05) is 37.8 Å². The quantitative estimate of drug-likeness (QED) is 0.359. The van der Waals surface area contributed by atoms with Crippen LogP contribution >= 0.6 is 0 Å². The van der Waals surface area contributed by atoms with Gasteiger partial charge < -0.3 is 5.32 Å². The highest BCUT2D eigenvalue weighted by Gasteiger charge is 2.42. The van der Waals surface area contributed by atoms with Gasteiger partial charge in [-0.1, -0.05) is 12.5 Å². The van der Waals surface area contributed by atoms with E-state index in [9.17, 15) is 30.7 Å². The average Bonchev–Trinajstić information content (AvgIpc) is 2.61. The maximum atomic E-state index is 14.7. The maximum Gasteiger partial charge on any atom is 0.416 e. The number of benzene rings is 1. The van der Waals surface area contributed by atoms with Crippen LogP contribution in [-0.2, 0) is 12.4 Å². The van der Waals surface area contributed by atoms with Gasteiger partial charge in [-0.05, 0) is 31.4 Å². The van der Waals surface area contributed by atoms with Crippen LogP contribution in [0.25, 0.3) is 0 Å². The van der Waals surface area contributed by atoms with E-state index in [0.717, 1.165) is 0 Å². The third-order valence-electron chi connectivity index (χ3n) is 4.82. The molecule has 0 bridgehead atoms. The lowest BCUT2D eigenvalue weighted by Crippen LogP contribution is -2.45. The molecule has 158 valence electrons. The second-order valence-corrected chi connectivity index (χ2v) is 6.79. The third-order valence-corrected chi connectivity index (χ3v) is 4.82. The number of nitrogens with zero attached hydrogens (tertiary/aromatic N) is 1. The second-order valence-electron chi connectivity index (χ2n) is 6.79. The van der Waals surface area contributed by atoms with E-state index in [4.69, 9.17) is 0 Å². The summed E-state index contributed by atoms with van der Waals surface area (Å²) in [5.41, 5.74) is -3.88. The van der Waals surface area contributed by atoms with Crippen molar-refractivity contribution in [1.82, 2.24) is 10.2 Å². The van der Waals surface area contributed by atoms with E-state index >= 15 is 0 Å². The molecule has 0 spiro atoms. The van der Waals surface area contributed by atoms with Crippen LogP contribution in [0.1, 0.15) is 48.4 Å². The van der Waals surface area contributed by atoms with E-state index in [1.54, 1.807) is 11.0 Å². The number of nitrogens with one attached hydrogen (secondary N) is 1. The number of hydrogen-bond donors (Lipinski definition) is 1. The Labute approximate surface area is 159 Å². The molecule has 0 saturated carbocycles. The Morgan fingerprint density at radius 1 is 1.04 bits per heavy atom. The van der Waals surface area contributed by atoms with Crippen LogP contribution < -0.4 is 5.32 Å². The number of rotatable bonds is 7. The average molecular weight is 412 g/mol. The summed E-state index contributed by atoms with van der Waals surface area (Å²) in [4.78, 5) is 1.71. The molecule has 1 aliphatic rings. The standard InChI is InChI=1S/C19H23F7N2/c1-2-3-4-5-6-16(28-9-7-27-8-10-28)17-14(19(24,25)26)11-13(12-15(17)20)18(21,22)23/h2,11-12,16,27H,1,3-10H2/t16-/m0/s1. The summed E-state index contributed by atoms with van der Waals surface area (Å²) in [6, 6.07) is -0.744. The predicted molar refractivity (Wildman–Crippen MR) is 92.3 cm³/mol. The summed E-state index contributed by atoms with van der Waals surface area (Å²) in [5, 5.41) is 3.07. The van der Waals surface area contributed by atoms with Gasteiger partial charge in [-0.3, -0.25) is 4.90 Å². The van der Waals surface area contributed by atoms with Crippen LogP contribution in [0.5, 0.6) is 0 Å². The van der Waals surface area contributed by atoms with Crippen LogP contribution in [0.3, 0.4) is 0 Å². The largest absolute Gasteiger partial charge is 0.416 e. The second kappa shape index (κ2) is 9.26. The molecule has 1 aliphatic heterocycles. The van der Waals surface area contributed by atoms with E-state index in [1.165, 1.54) is 0 Å². The summed E-state index contributed by atoms with van der Waals surface area (Å²) in [5.74, 6) is -1.46. The molecular weight excluding hydrogens is 389 g/mol. The molecule has 28 heavy (non-hydrogen) atoms. The van der Waals surface area contributed by atoms with Crippen molar-refractivity contribution in [2.24, 2.45) is 0 Å². The zero-order chi connectivity index (χ0) is 20.9. The fraction of sp³-hybridized carbons (Fsp3) is 0.579. The Balaban J connectivity index is 2.51. The van der Waals surface area contributed by atoms with Crippen LogP contribution in [-0.4, -0.2) is 31.1 Å². The first-order valence-corrected chi connectivity index (χ1v) is 9.09. The number of alkyl halides is 6. The Morgan fingerprint density at radius 2 is 1.68 bits per heavy atom. The highest BCUT2D eigenvalue weighted by molar-refractivity contribution is 5.39. The normalized spacial score (nSPS) is 17.5. The fourth-order valence-corrected chi connectivity index (χ4v) is 3.48. The van der Waals surface area contributed by atoms with Crippen molar-refractivity contribution in [3.05, 3.63) is 47.3 Å². The number of allylic oxidation sites excluding steroid dienone is 1. The van der Waals surface area contributed by atoms with Gasteiger partial charge in [0.2, 0.25) is 0 Å². The highest BCUT2D eigenvalue weighted by atomic mass is 19.4. The van der Waals surface area contributed by atoms with Gasteiger partial charge in [0.15, 0.2) is 0 Å². The van der Waals surface area contributed by atoms with E-state index in [-0.39, 0.29) is 18.6 Å². The summed E-state index contributed by atoms with van der Waals surface area (Å²) in [6.07, 6.45) is -6.42. The number of unbranched alkanes of at least 4 members (excludes halogenated alkanes) is 2. The maximum absolute atomic E-state index is 14.7. The molecule has 1 heterocycles. The molecule has 1 aromatic rings. The van der Waals surface area contributed by atoms with Gasteiger partial charge in [0.05, 0.1) is 11.1 Å². The van der Waals surface area contributed by atoms with Gasteiger partial charge in [0.25, 0.3) is 0 Å². The van der Waals surface area contributed by atoms with Crippen molar-refractivity contribution in [3.63, 3.8) is 0 Å². The molecule has 0 radical (unpaired) electrons. The summed E-state index contributed by atoms with van der Waals surface area (Å²) in [6.45, 7) is 5.41. The first-order chi connectivity index (χ1) is 13.1. The molecule has 1 atom stereocenters. The smallest absolute Gasteiger partial charge is 0.314 e. The summed E-state index contributed by atoms with van der Waals surface area (Å²) < 4.78 is 94.3. The van der Waals surface area contributed by atoms with Crippen LogP contribution in [0, 0.1) is 5.82 Å². The van der Waals surface area contributed by atoms with Crippen molar-refractivity contribution < 1.29 is 30.7 Å². The Bertz CT molecular complexity index is 661. The van der Waals surface area contributed by atoms with E-state index in [1.807, 2.05) is 0 Å². The minimum atomic E-state index is -5.09. The number of hydrogen-bond acceptors (Lipinski definition) is 2. The molecule has 1 fully saturated rings. The fourth-order valence-electron chi connectivity index (χ4n) is 3.48. The molecule has 9 heteroatoms. The van der Waals surface area contributed by atoms with E-state index in [0.29, 0.717) is 45.4 Å². The van der Waals surface area contributed by atoms with Crippen LogP contribution in [0.15, 0.2) is 24.8 Å². The van der Waals surface area contributed by atoms with Crippen LogP contribution in [0.2, 0.25) is 0 Å². The Hall–Kier alpha value is -1.61. The van der Waals surface area contributed by atoms with Crippen LogP contribution in [0.4, 0.5) is 30.7 Å². The number of halogens is 7. The van der Waals surface area contributed by atoms with Crippen molar-refractivity contribution in [2.75, 3.05) is 26.2 Å². The SMILES string of the molecule is C=CCCCC[C@@H](c1c(F)cc(C(F)(F)F)cc1C(F)(F)F)N1CCNCC1. The van der Waals surface area contributed by atoms with Crippen molar-refractivity contribution >= 4 is 0 Å². The molecule has 0 aliphatic carbocycles. The van der Waals surface area contributed by atoms with Crippen molar-refractivity contribution in [3.8, 4) is 0 Å². The third kappa shape index (κ3) is 5.70. The topological polar surface area (TPSA) is 15.3 Å². The zero-order valence-electron chi connectivity index (χ0n) is 15.3.